The van der Waals surface area contributed by atoms with Crippen LogP contribution in [0, 0.1) is 0 Å². The smallest absolute Gasteiger partial charge is 0.199 e. The average Bonchev–Trinajstić information content (AvgIpc) is 3.28. The van der Waals surface area contributed by atoms with Gasteiger partial charge in [0.25, 0.3) is 0 Å². The molecular formula is C25H25N2S2+. The maximum Gasteiger partial charge on any atom is 0.199 e. The van der Waals surface area contributed by atoms with Gasteiger partial charge in [-0.1, -0.05) is 30.0 Å². The molecule has 2 aromatic rings. The molecule has 1 aliphatic carbocycles. The molecule has 0 unspecified atom stereocenters. The Labute approximate surface area is 181 Å². The Bertz CT molecular complexity index is 1070. The topological polar surface area (TPSA) is 6.25 Å². The first-order valence-corrected chi connectivity index (χ1v) is 11.3. The molecule has 2 nitrogen and oxygen atoms in total. The number of benzene rings is 1. The average molecular weight is 418 g/mol. The molecule has 0 saturated heterocycles. The SMILES string of the molecule is CN(C)c1ccc(C2=CC(c3cccs3)=CC(=C3C=CC(=[N+](C)C)C=C3)S2)cc1. The summed E-state index contributed by atoms with van der Waals surface area (Å²) in [5.74, 6) is 0. The predicted molar refractivity (Wildman–Crippen MR) is 131 cm³/mol. The van der Waals surface area contributed by atoms with E-state index in [-0.39, 0.29) is 0 Å². The highest BCUT2D eigenvalue weighted by Crippen LogP contribution is 2.44. The highest BCUT2D eigenvalue weighted by molar-refractivity contribution is 8.12. The van der Waals surface area contributed by atoms with Crippen molar-refractivity contribution in [3.8, 4) is 0 Å². The lowest BCUT2D eigenvalue weighted by Crippen LogP contribution is -2.09. The standard InChI is InChI=1S/C25H25N2S2/c1-26(2)21-11-7-18(8-12-21)24-16-20(23-6-5-15-28-23)17-25(29-24)19-9-13-22(14-10-19)27(3)4/h5-17H,1-4H3/q+1. The molecule has 4 rings (SSSR count). The van der Waals surface area contributed by atoms with Gasteiger partial charge in [0.2, 0.25) is 0 Å². The molecule has 146 valence electrons. The summed E-state index contributed by atoms with van der Waals surface area (Å²) in [7, 11) is 8.30. The van der Waals surface area contributed by atoms with Crippen molar-refractivity contribution in [2.24, 2.45) is 0 Å². The Balaban J connectivity index is 1.75. The van der Waals surface area contributed by atoms with E-state index in [1.165, 1.54) is 42.8 Å². The van der Waals surface area contributed by atoms with Crippen LogP contribution in [0.5, 0.6) is 0 Å². The minimum Gasteiger partial charge on any atom is -0.378 e. The molecule has 0 atom stereocenters. The second kappa shape index (κ2) is 8.44. The van der Waals surface area contributed by atoms with Crippen LogP contribution in [0.2, 0.25) is 0 Å². The van der Waals surface area contributed by atoms with Gasteiger partial charge in [0.15, 0.2) is 5.71 Å². The van der Waals surface area contributed by atoms with Gasteiger partial charge in [0.05, 0.1) is 0 Å². The first kappa shape index (κ1) is 19.7. The summed E-state index contributed by atoms with van der Waals surface area (Å²) in [6.45, 7) is 0. The van der Waals surface area contributed by atoms with Gasteiger partial charge < -0.3 is 4.90 Å². The molecule has 0 amide bonds. The summed E-state index contributed by atoms with van der Waals surface area (Å²) < 4.78 is 2.13. The van der Waals surface area contributed by atoms with Crippen LogP contribution >= 0.6 is 23.1 Å². The summed E-state index contributed by atoms with van der Waals surface area (Å²) in [6, 6.07) is 13.1. The Morgan fingerprint density at radius 3 is 2.17 bits per heavy atom. The Morgan fingerprint density at radius 2 is 1.59 bits per heavy atom. The number of nitrogens with zero attached hydrogens (tertiary/aromatic N) is 2. The summed E-state index contributed by atoms with van der Waals surface area (Å²) in [5, 5.41) is 2.14. The molecular weight excluding hydrogens is 392 g/mol. The molecule has 1 aliphatic heterocycles. The summed E-state index contributed by atoms with van der Waals surface area (Å²) >= 11 is 3.63. The van der Waals surface area contributed by atoms with Gasteiger partial charge in [-0.25, -0.2) is 4.58 Å². The van der Waals surface area contributed by atoms with Crippen molar-refractivity contribution in [1.29, 1.82) is 0 Å². The summed E-state index contributed by atoms with van der Waals surface area (Å²) in [5.41, 5.74) is 6.22. The van der Waals surface area contributed by atoms with Gasteiger partial charge in [-0.15, -0.1) is 11.3 Å². The van der Waals surface area contributed by atoms with Crippen molar-refractivity contribution in [3.63, 3.8) is 0 Å². The molecule has 2 aliphatic rings. The van der Waals surface area contributed by atoms with Gasteiger partial charge in [-0.2, -0.15) is 0 Å². The normalized spacial score (nSPS) is 16.1. The molecule has 0 bridgehead atoms. The van der Waals surface area contributed by atoms with E-state index >= 15 is 0 Å². The Hall–Kier alpha value is -2.56. The van der Waals surface area contributed by atoms with Crippen molar-refractivity contribution in [1.82, 2.24) is 0 Å². The van der Waals surface area contributed by atoms with Gasteiger partial charge in [-0.3, -0.25) is 0 Å². The fourth-order valence-corrected chi connectivity index (χ4v) is 5.05. The lowest BCUT2D eigenvalue weighted by Gasteiger charge is -2.19. The maximum absolute atomic E-state index is 2.32. The number of anilines is 1. The third-order valence-corrected chi connectivity index (χ3v) is 7.00. The lowest BCUT2D eigenvalue weighted by atomic mass is 10.0. The molecule has 0 radical (unpaired) electrons. The van der Waals surface area contributed by atoms with Crippen LogP contribution in [-0.2, 0) is 0 Å². The Kier molecular flexibility index (Phi) is 5.74. The minimum absolute atomic E-state index is 1.22. The third kappa shape index (κ3) is 4.39. The molecule has 4 heteroatoms. The van der Waals surface area contributed by atoms with Gasteiger partial charge in [-0.05, 0) is 64.6 Å². The van der Waals surface area contributed by atoms with Crippen molar-refractivity contribution in [2.45, 2.75) is 0 Å². The molecule has 0 saturated carbocycles. The zero-order chi connectivity index (χ0) is 20.4. The van der Waals surface area contributed by atoms with Crippen LogP contribution in [0.15, 0.2) is 88.7 Å². The van der Waals surface area contributed by atoms with E-state index in [4.69, 9.17) is 0 Å². The molecule has 1 aromatic carbocycles. The van der Waals surface area contributed by atoms with Gasteiger partial charge in [0, 0.05) is 46.6 Å². The highest BCUT2D eigenvalue weighted by Gasteiger charge is 2.17. The molecule has 29 heavy (non-hydrogen) atoms. The maximum atomic E-state index is 2.32. The number of thiophene rings is 1. The third-order valence-electron chi connectivity index (χ3n) is 4.94. The fraction of sp³-hybridized carbons (Fsp3) is 0.160. The lowest BCUT2D eigenvalue weighted by molar-refractivity contribution is -0.462. The first-order chi connectivity index (χ1) is 14.0. The molecule has 2 heterocycles. The highest BCUT2D eigenvalue weighted by atomic mass is 32.2. The van der Waals surface area contributed by atoms with E-state index in [1.54, 1.807) is 11.3 Å². The van der Waals surface area contributed by atoms with E-state index < -0.39 is 0 Å². The van der Waals surface area contributed by atoms with Gasteiger partial charge in [0.1, 0.15) is 14.1 Å². The first-order valence-electron chi connectivity index (χ1n) is 9.59. The van der Waals surface area contributed by atoms with Gasteiger partial charge >= 0.3 is 0 Å². The number of thioether (sulfide) groups is 1. The second-order valence-electron chi connectivity index (χ2n) is 7.43. The molecule has 0 N–H and O–H groups in total. The second-order valence-corrected chi connectivity index (χ2v) is 9.47. The van der Waals surface area contributed by atoms with Crippen molar-refractivity contribution >= 4 is 45.0 Å². The van der Waals surface area contributed by atoms with E-state index in [0.717, 1.165) is 0 Å². The van der Waals surface area contributed by atoms with E-state index in [0.29, 0.717) is 0 Å². The van der Waals surface area contributed by atoms with Crippen LogP contribution < -0.4 is 4.90 Å². The number of rotatable bonds is 3. The quantitative estimate of drug-likeness (QED) is 0.559. The Morgan fingerprint density at radius 1 is 0.862 bits per heavy atom. The molecule has 0 fully saturated rings. The summed E-state index contributed by atoms with van der Waals surface area (Å²) in [4.78, 5) is 6.00. The van der Waals surface area contributed by atoms with E-state index in [2.05, 4.69) is 116 Å². The molecule has 1 aromatic heterocycles. The van der Waals surface area contributed by atoms with Crippen molar-refractivity contribution in [2.75, 3.05) is 33.1 Å². The van der Waals surface area contributed by atoms with Crippen LogP contribution in [0.3, 0.4) is 0 Å². The largest absolute Gasteiger partial charge is 0.378 e. The fourth-order valence-electron chi connectivity index (χ4n) is 3.22. The van der Waals surface area contributed by atoms with E-state index in [1.807, 2.05) is 11.8 Å². The van der Waals surface area contributed by atoms with Crippen molar-refractivity contribution < 1.29 is 4.58 Å². The minimum atomic E-state index is 1.22. The number of allylic oxidation sites excluding steroid dienone is 8. The van der Waals surface area contributed by atoms with Crippen molar-refractivity contribution in [3.05, 3.63) is 99.2 Å². The van der Waals surface area contributed by atoms with E-state index in [9.17, 15) is 0 Å². The van der Waals surface area contributed by atoms with Crippen LogP contribution in [-0.4, -0.2) is 38.5 Å². The zero-order valence-electron chi connectivity index (χ0n) is 17.2. The zero-order valence-corrected chi connectivity index (χ0v) is 18.8. The number of hydrogen-bond donors (Lipinski definition) is 0. The van der Waals surface area contributed by atoms with Crippen LogP contribution in [0.4, 0.5) is 5.69 Å². The summed E-state index contributed by atoms with van der Waals surface area (Å²) in [6.07, 6.45) is 13.4. The number of hydrogen-bond acceptors (Lipinski definition) is 3. The predicted octanol–water partition coefficient (Wildman–Crippen LogP) is 6.08. The monoisotopic (exact) mass is 417 g/mol. The molecule has 0 spiro atoms. The van der Waals surface area contributed by atoms with Crippen LogP contribution in [0.25, 0.3) is 10.5 Å². The van der Waals surface area contributed by atoms with Crippen LogP contribution in [0.1, 0.15) is 10.4 Å².